The Labute approximate surface area is 144 Å². The van der Waals surface area contributed by atoms with Crippen molar-refractivity contribution in [2.45, 2.75) is 6.92 Å². The Morgan fingerprint density at radius 3 is 2.56 bits per heavy atom. The first kappa shape index (κ1) is 16.6. The van der Waals surface area contributed by atoms with Crippen LogP contribution in [0.3, 0.4) is 0 Å². The van der Waals surface area contributed by atoms with Gasteiger partial charge in [-0.1, -0.05) is 0 Å². The summed E-state index contributed by atoms with van der Waals surface area (Å²) in [7, 11) is 3.66. The molecule has 0 radical (unpaired) electrons. The van der Waals surface area contributed by atoms with Crippen LogP contribution in [0.15, 0.2) is 42.7 Å². The van der Waals surface area contributed by atoms with Crippen LogP contribution in [-0.2, 0) is 0 Å². The highest BCUT2D eigenvalue weighted by molar-refractivity contribution is 6.02. The number of halogens is 1. The number of carbonyl (C=O) groups is 1. The second-order valence-electron chi connectivity index (χ2n) is 5.75. The lowest BCUT2D eigenvalue weighted by molar-refractivity contribution is 0.102. The molecule has 0 aliphatic heterocycles. The third-order valence-corrected chi connectivity index (χ3v) is 3.51. The fraction of sp³-hybridized carbons (Fsp3) is 0.176. The normalized spacial score (nSPS) is 10.6. The van der Waals surface area contributed by atoms with Gasteiger partial charge in [-0.05, 0) is 42.8 Å². The van der Waals surface area contributed by atoms with Gasteiger partial charge in [0.1, 0.15) is 5.69 Å². The highest BCUT2D eigenvalue weighted by atomic mass is 19.1. The molecule has 0 aliphatic carbocycles. The molecule has 128 valence electrons. The van der Waals surface area contributed by atoms with Gasteiger partial charge in [0, 0.05) is 26.0 Å². The second kappa shape index (κ2) is 6.68. The maximum Gasteiger partial charge on any atom is 0.276 e. The first-order chi connectivity index (χ1) is 11.9. The fourth-order valence-electron chi connectivity index (χ4n) is 2.19. The average molecular weight is 340 g/mol. The molecular formula is C17H17FN6O. The summed E-state index contributed by atoms with van der Waals surface area (Å²) in [5, 5.41) is 14.5. The first-order valence-corrected chi connectivity index (χ1v) is 7.57. The van der Waals surface area contributed by atoms with Crippen LogP contribution < -0.4 is 10.2 Å². The Kier molecular flexibility index (Phi) is 4.42. The number of nitrogens with one attached hydrogen (secondary N) is 1. The molecule has 0 unspecified atom stereocenters. The number of aromatic nitrogens is 4. The van der Waals surface area contributed by atoms with Crippen molar-refractivity contribution in [1.82, 2.24) is 20.0 Å². The Morgan fingerprint density at radius 2 is 2.00 bits per heavy atom. The molecule has 2 aromatic heterocycles. The third kappa shape index (κ3) is 3.63. The van der Waals surface area contributed by atoms with Gasteiger partial charge in [-0.2, -0.15) is 5.10 Å². The molecule has 8 heteroatoms. The van der Waals surface area contributed by atoms with Gasteiger partial charge in [-0.25, -0.2) is 9.07 Å². The Bertz CT molecular complexity index is 904. The molecule has 0 bridgehead atoms. The summed E-state index contributed by atoms with van der Waals surface area (Å²) in [6.45, 7) is 1.87. The molecule has 1 aromatic carbocycles. The minimum atomic E-state index is -0.491. The molecule has 0 saturated heterocycles. The van der Waals surface area contributed by atoms with Gasteiger partial charge in [0.25, 0.3) is 5.91 Å². The van der Waals surface area contributed by atoms with Crippen molar-refractivity contribution in [3.05, 3.63) is 59.8 Å². The van der Waals surface area contributed by atoms with Crippen LogP contribution in [0, 0.1) is 12.7 Å². The molecule has 7 nitrogen and oxygen atoms in total. The molecule has 1 amide bonds. The zero-order valence-corrected chi connectivity index (χ0v) is 14.1. The van der Waals surface area contributed by atoms with E-state index in [1.165, 1.54) is 10.7 Å². The number of amides is 1. The summed E-state index contributed by atoms with van der Waals surface area (Å²) in [6.07, 6.45) is 3.36. The lowest BCUT2D eigenvalue weighted by Crippen LogP contribution is -2.17. The number of benzene rings is 1. The van der Waals surface area contributed by atoms with E-state index in [2.05, 4.69) is 20.6 Å². The molecule has 0 spiro atoms. The molecule has 2 heterocycles. The summed E-state index contributed by atoms with van der Waals surface area (Å²) in [5.74, 6) is -0.309. The molecule has 0 atom stereocenters. The zero-order chi connectivity index (χ0) is 18.0. The van der Waals surface area contributed by atoms with Crippen LogP contribution in [0.1, 0.15) is 16.1 Å². The number of aryl methyl sites for hydroxylation is 1. The van der Waals surface area contributed by atoms with Gasteiger partial charge < -0.3 is 10.2 Å². The van der Waals surface area contributed by atoms with Gasteiger partial charge in [0.2, 0.25) is 0 Å². The monoisotopic (exact) mass is 340 g/mol. The molecule has 3 aromatic rings. The van der Waals surface area contributed by atoms with Gasteiger partial charge in [-0.15, -0.1) is 10.2 Å². The standard InChI is InChI=1S/C17H17FN6O/c1-11-9-19-24(10-11)15-6-4-12(8-13(15)18)20-17(25)14-5-7-16(22-21-14)23(2)3/h4-10H,1-3H3,(H,20,25). The van der Waals surface area contributed by atoms with E-state index in [9.17, 15) is 9.18 Å². The van der Waals surface area contributed by atoms with Crippen LogP contribution in [0.5, 0.6) is 0 Å². The van der Waals surface area contributed by atoms with Crippen LogP contribution in [-0.4, -0.2) is 40.0 Å². The van der Waals surface area contributed by atoms with Crippen molar-refractivity contribution in [2.75, 3.05) is 24.3 Å². The Hall–Kier alpha value is -3.29. The first-order valence-electron chi connectivity index (χ1n) is 7.57. The van der Waals surface area contributed by atoms with E-state index in [-0.39, 0.29) is 5.69 Å². The quantitative estimate of drug-likeness (QED) is 0.789. The van der Waals surface area contributed by atoms with Gasteiger partial charge in [0.15, 0.2) is 17.3 Å². The van der Waals surface area contributed by atoms with Crippen molar-refractivity contribution in [3.63, 3.8) is 0 Å². The molecule has 25 heavy (non-hydrogen) atoms. The largest absolute Gasteiger partial charge is 0.361 e. The predicted octanol–water partition coefficient (Wildman–Crippen LogP) is 2.43. The highest BCUT2D eigenvalue weighted by Gasteiger charge is 2.12. The van der Waals surface area contributed by atoms with E-state index in [1.54, 1.807) is 41.6 Å². The van der Waals surface area contributed by atoms with Crippen molar-refractivity contribution >= 4 is 17.4 Å². The van der Waals surface area contributed by atoms with Crippen LogP contribution in [0.2, 0.25) is 0 Å². The van der Waals surface area contributed by atoms with Gasteiger partial charge in [0.05, 0.1) is 6.20 Å². The lowest BCUT2D eigenvalue weighted by atomic mass is 10.2. The molecule has 0 saturated carbocycles. The molecule has 0 fully saturated rings. The zero-order valence-electron chi connectivity index (χ0n) is 14.1. The van der Waals surface area contributed by atoms with Crippen molar-refractivity contribution in [3.8, 4) is 5.69 Å². The van der Waals surface area contributed by atoms with E-state index in [0.717, 1.165) is 5.56 Å². The highest BCUT2D eigenvalue weighted by Crippen LogP contribution is 2.19. The van der Waals surface area contributed by atoms with E-state index >= 15 is 0 Å². The van der Waals surface area contributed by atoms with E-state index in [4.69, 9.17) is 0 Å². The number of rotatable bonds is 4. The number of hydrogen-bond acceptors (Lipinski definition) is 5. The number of anilines is 2. The summed E-state index contributed by atoms with van der Waals surface area (Å²) in [6, 6.07) is 7.65. The fourth-order valence-corrected chi connectivity index (χ4v) is 2.19. The van der Waals surface area contributed by atoms with Crippen molar-refractivity contribution in [2.24, 2.45) is 0 Å². The smallest absolute Gasteiger partial charge is 0.276 e. The SMILES string of the molecule is Cc1cnn(-c2ccc(NC(=O)c3ccc(N(C)C)nn3)cc2F)c1. The average Bonchev–Trinajstić information content (AvgIpc) is 3.01. The van der Waals surface area contributed by atoms with Gasteiger partial charge >= 0.3 is 0 Å². The summed E-state index contributed by atoms with van der Waals surface area (Å²) in [5.41, 5.74) is 1.71. The van der Waals surface area contributed by atoms with E-state index in [0.29, 0.717) is 17.2 Å². The van der Waals surface area contributed by atoms with E-state index in [1.807, 2.05) is 21.0 Å². The van der Waals surface area contributed by atoms with Gasteiger partial charge in [-0.3, -0.25) is 4.79 Å². The minimum absolute atomic E-state index is 0.151. The van der Waals surface area contributed by atoms with E-state index < -0.39 is 11.7 Å². The summed E-state index contributed by atoms with van der Waals surface area (Å²) >= 11 is 0. The maximum absolute atomic E-state index is 14.3. The lowest BCUT2D eigenvalue weighted by Gasteiger charge is -2.10. The van der Waals surface area contributed by atoms with Crippen molar-refractivity contribution < 1.29 is 9.18 Å². The molecule has 1 N–H and O–H groups in total. The number of carbonyl (C=O) groups excluding carboxylic acids is 1. The third-order valence-electron chi connectivity index (χ3n) is 3.51. The number of hydrogen-bond donors (Lipinski definition) is 1. The van der Waals surface area contributed by atoms with Crippen LogP contribution >= 0.6 is 0 Å². The van der Waals surface area contributed by atoms with Crippen molar-refractivity contribution in [1.29, 1.82) is 0 Å². The predicted molar refractivity (Wildman–Crippen MR) is 92.6 cm³/mol. The number of nitrogens with zero attached hydrogens (tertiary/aromatic N) is 5. The molecular weight excluding hydrogens is 323 g/mol. The minimum Gasteiger partial charge on any atom is -0.361 e. The Morgan fingerprint density at radius 1 is 1.20 bits per heavy atom. The Balaban J connectivity index is 1.76. The van der Waals surface area contributed by atoms with Crippen LogP contribution in [0.4, 0.5) is 15.9 Å². The second-order valence-corrected chi connectivity index (χ2v) is 5.75. The summed E-state index contributed by atoms with van der Waals surface area (Å²) < 4.78 is 15.7. The van der Waals surface area contributed by atoms with Crippen LogP contribution in [0.25, 0.3) is 5.69 Å². The summed E-state index contributed by atoms with van der Waals surface area (Å²) in [4.78, 5) is 14.0. The molecule has 3 rings (SSSR count). The molecule has 0 aliphatic rings. The maximum atomic E-state index is 14.3. The topological polar surface area (TPSA) is 75.9 Å².